The van der Waals surface area contributed by atoms with Crippen molar-refractivity contribution in [1.29, 1.82) is 0 Å². The molecule has 220 valence electrons. The highest BCUT2D eigenvalue weighted by atomic mass is 15.2. The maximum atomic E-state index is 2.41. The fourth-order valence-corrected chi connectivity index (χ4v) is 6.60. The van der Waals surface area contributed by atoms with Crippen molar-refractivity contribution < 1.29 is 0 Å². The molecule has 0 fully saturated rings. The number of fused-ring (bicyclic) bond motifs is 2. The third kappa shape index (κ3) is 5.46. The first-order valence-corrected chi connectivity index (χ1v) is 16.0. The van der Waals surface area contributed by atoms with Crippen LogP contribution in [0.2, 0.25) is 0 Å². The van der Waals surface area contributed by atoms with Crippen LogP contribution in [0.1, 0.15) is 17.5 Å². The minimum absolute atomic E-state index is 1.00. The van der Waals surface area contributed by atoms with E-state index in [-0.39, 0.29) is 0 Å². The second-order valence-electron chi connectivity index (χ2n) is 11.8. The number of allylic oxidation sites excluding steroid dienone is 1. The SMILES string of the molecule is C1=C(N(c2ccccc2)c2ccc(-c3ccc(N(c4ccccc4)c4ccc5ccccc5c4)cc3)cc2)CCc2ccccc21. The summed E-state index contributed by atoms with van der Waals surface area (Å²) < 4.78 is 0. The van der Waals surface area contributed by atoms with Crippen molar-refractivity contribution >= 4 is 45.3 Å². The Labute approximate surface area is 271 Å². The predicted octanol–water partition coefficient (Wildman–Crippen LogP) is 12.1. The zero-order valence-corrected chi connectivity index (χ0v) is 25.6. The Morgan fingerprint density at radius 2 is 0.848 bits per heavy atom. The third-order valence-corrected chi connectivity index (χ3v) is 8.92. The lowest BCUT2D eigenvalue weighted by atomic mass is 9.94. The molecule has 46 heavy (non-hydrogen) atoms. The predicted molar refractivity (Wildman–Crippen MR) is 195 cm³/mol. The minimum Gasteiger partial charge on any atom is -0.314 e. The lowest BCUT2D eigenvalue weighted by molar-refractivity contribution is 0.894. The van der Waals surface area contributed by atoms with Crippen molar-refractivity contribution in [3.05, 3.63) is 193 Å². The summed E-state index contributed by atoms with van der Waals surface area (Å²) in [4.78, 5) is 4.73. The van der Waals surface area contributed by atoms with Crippen LogP contribution in [-0.4, -0.2) is 0 Å². The number of hydrogen-bond acceptors (Lipinski definition) is 2. The summed E-state index contributed by atoms with van der Waals surface area (Å²) in [6.07, 6.45) is 4.41. The standard InChI is InChI=1S/C44H34N2/c1-3-15-39(16-4-1)45(43-29-23-33-11-7-9-13-37(33)31-43)41-25-19-35(20-26-41)36-21-27-42(28-22-36)46(40-17-5-2-6-18-40)44-30-24-34-12-8-10-14-38(34)32-44/h1-23,25-29,31-32H,24,30H2. The summed E-state index contributed by atoms with van der Waals surface area (Å²) in [6, 6.07) is 63.2. The van der Waals surface area contributed by atoms with Gasteiger partial charge in [-0.2, -0.15) is 0 Å². The van der Waals surface area contributed by atoms with Crippen LogP contribution in [-0.2, 0) is 6.42 Å². The number of rotatable bonds is 7. The molecule has 7 aromatic rings. The van der Waals surface area contributed by atoms with Crippen LogP contribution in [0.25, 0.3) is 28.0 Å². The van der Waals surface area contributed by atoms with Gasteiger partial charge in [0, 0.05) is 34.1 Å². The Morgan fingerprint density at radius 3 is 1.52 bits per heavy atom. The smallest absolute Gasteiger partial charge is 0.0468 e. The van der Waals surface area contributed by atoms with E-state index < -0.39 is 0 Å². The first-order valence-electron chi connectivity index (χ1n) is 16.0. The number of anilines is 5. The van der Waals surface area contributed by atoms with Gasteiger partial charge < -0.3 is 9.80 Å². The van der Waals surface area contributed by atoms with E-state index in [0.29, 0.717) is 0 Å². The molecule has 0 aliphatic heterocycles. The topological polar surface area (TPSA) is 6.48 Å². The zero-order valence-electron chi connectivity index (χ0n) is 25.6. The molecule has 0 saturated carbocycles. The van der Waals surface area contributed by atoms with Crippen LogP contribution in [0.15, 0.2) is 182 Å². The van der Waals surface area contributed by atoms with Gasteiger partial charge in [-0.15, -0.1) is 0 Å². The second-order valence-corrected chi connectivity index (χ2v) is 11.8. The van der Waals surface area contributed by atoms with Gasteiger partial charge in [-0.1, -0.05) is 115 Å². The van der Waals surface area contributed by atoms with Crippen LogP contribution in [0, 0.1) is 0 Å². The molecule has 0 aromatic heterocycles. The Balaban J connectivity index is 1.11. The highest BCUT2D eigenvalue weighted by Crippen LogP contribution is 2.39. The van der Waals surface area contributed by atoms with Crippen LogP contribution in [0.4, 0.5) is 28.4 Å². The van der Waals surface area contributed by atoms with Crippen LogP contribution in [0.5, 0.6) is 0 Å². The third-order valence-electron chi connectivity index (χ3n) is 8.92. The second kappa shape index (κ2) is 12.3. The summed E-state index contributed by atoms with van der Waals surface area (Å²) in [5.41, 5.74) is 12.2. The van der Waals surface area contributed by atoms with E-state index in [4.69, 9.17) is 0 Å². The molecule has 0 amide bonds. The summed E-state index contributed by atoms with van der Waals surface area (Å²) in [5.74, 6) is 0. The molecule has 2 heteroatoms. The largest absolute Gasteiger partial charge is 0.314 e. The lowest BCUT2D eigenvalue weighted by Crippen LogP contribution is -2.19. The van der Waals surface area contributed by atoms with Crippen molar-refractivity contribution in [1.82, 2.24) is 0 Å². The van der Waals surface area contributed by atoms with E-state index in [1.807, 2.05) is 0 Å². The summed E-state index contributed by atoms with van der Waals surface area (Å²) in [5, 5.41) is 2.48. The molecule has 7 aromatic carbocycles. The Kier molecular flexibility index (Phi) is 7.38. The summed E-state index contributed by atoms with van der Waals surface area (Å²) in [6.45, 7) is 0. The van der Waals surface area contributed by atoms with E-state index >= 15 is 0 Å². The monoisotopic (exact) mass is 590 g/mol. The molecule has 0 N–H and O–H groups in total. The van der Waals surface area contributed by atoms with Gasteiger partial charge in [0.25, 0.3) is 0 Å². The van der Waals surface area contributed by atoms with Gasteiger partial charge >= 0.3 is 0 Å². The number of para-hydroxylation sites is 2. The Morgan fingerprint density at radius 1 is 0.348 bits per heavy atom. The lowest BCUT2D eigenvalue weighted by Gasteiger charge is -2.30. The van der Waals surface area contributed by atoms with E-state index in [1.165, 1.54) is 50.1 Å². The number of nitrogens with zero attached hydrogens (tertiary/aromatic N) is 2. The van der Waals surface area contributed by atoms with Crippen LogP contribution >= 0.6 is 0 Å². The normalized spacial score (nSPS) is 12.3. The van der Waals surface area contributed by atoms with Gasteiger partial charge in [0.15, 0.2) is 0 Å². The Bertz CT molecular complexity index is 2130. The van der Waals surface area contributed by atoms with Crippen LogP contribution in [0.3, 0.4) is 0 Å². The van der Waals surface area contributed by atoms with Gasteiger partial charge in [-0.25, -0.2) is 0 Å². The van der Waals surface area contributed by atoms with Gasteiger partial charge in [-0.3, -0.25) is 0 Å². The van der Waals surface area contributed by atoms with Gasteiger partial charge in [-0.05, 0) is 113 Å². The molecule has 0 saturated heterocycles. The van der Waals surface area contributed by atoms with E-state index in [1.54, 1.807) is 0 Å². The number of benzene rings is 7. The maximum absolute atomic E-state index is 2.41. The average Bonchev–Trinajstić information content (AvgIpc) is 3.13. The van der Waals surface area contributed by atoms with Crippen molar-refractivity contribution in [3.8, 4) is 11.1 Å². The van der Waals surface area contributed by atoms with Crippen molar-refractivity contribution in [2.75, 3.05) is 9.80 Å². The van der Waals surface area contributed by atoms with Gasteiger partial charge in [0.05, 0.1) is 0 Å². The van der Waals surface area contributed by atoms with E-state index in [2.05, 4.69) is 192 Å². The van der Waals surface area contributed by atoms with Gasteiger partial charge in [0.2, 0.25) is 0 Å². The molecule has 2 nitrogen and oxygen atoms in total. The maximum Gasteiger partial charge on any atom is 0.0468 e. The summed E-state index contributed by atoms with van der Waals surface area (Å²) >= 11 is 0. The van der Waals surface area contributed by atoms with Crippen molar-refractivity contribution in [2.45, 2.75) is 12.8 Å². The number of hydrogen-bond donors (Lipinski definition) is 0. The number of aryl methyl sites for hydroxylation is 1. The van der Waals surface area contributed by atoms with Crippen molar-refractivity contribution in [3.63, 3.8) is 0 Å². The zero-order chi connectivity index (χ0) is 30.7. The minimum atomic E-state index is 1.00. The van der Waals surface area contributed by atoms with E-state index in [9.17, 15) is 0 Å². The molecule has 1 aliphatic rings. The first kappa shape index (κ1) is 27.7. The fraction of sp³-hybridized carbons (Fsp3) is 0.0455. The molecule has 1 aliphatic carbocycles. The van der Waals surface area contributed by atoms with Crippen LogP contribution < -0.4 is 9.80 Å². The fourth-order valence-electron chi connectivity index (χ4n) is 6.60. The molecular weight excluding hydrogens is 556 g/mol. The first-order chi connectivity index (χ1) is 22.8. The Hall–Kier alpha value is -5.86. The molecule has 0 heterocycles. The molecule has 0 spiro atoms. The average molecular weight is 591 g/mol. The van der Waals surface area contributed by atoms with Crippen molar-refractivity contribution in [2.24, 2.45) is 0 Å². The molecule has 0 radical (unpaired) electrons. The molecule has 0 bridgehead atoms. The molecule has 0 unspecified atom stereocenters. The highest BCUT2D eigenvalue weighted by molar-refractivity contribution is 5.89. The summed E-state index contributed by atoms with van der Waals surface area (Å²) in [7, 11) is 0. The van der Waals surface area contributed by atoms with Gasteiger partial charge in [0.1, 0.15) is 0 Å². The van der Waals surface area contributed by atoms with E-state index in [0.717, 1.165) is 29.9 Å². The molecule has 8 rings (SSSR count). The quantitative estimate of drug-likeness (QED) is 0.182. The highest BCUT2D eigenvalue weighted by Gasteiger charge is 2.19. The molecular formula is C44H34N2. The molecule has 0 atom stereocenters.